The van der Waals surface area contributed by atoms with Crippen LogP contribution < -0.4 is 5.32 Å². The van der Waals surface area contributed by atoms with Gasteiger partial charge in [-0.25, -0.2) is 0 Å². The van der Waals surface area contributed by atoms with Crippen LogP contribution in [0.1, 0.15) is 24.6 Å². The molecule has 0 radical (unpaired) electrons. The first-order chi connectivity index (χ1) is 6.31. The summed E-state index contributed by atoms with van der Waals surface area (Å²) in [6, 6.07) is 4.59. The topological polar surface area (TPSA) is 24.9 Å². The molecule has 1 saturated carbocycles. The summed E-state index contributed by atoms with van der Waals surface area (Å²) < 4.78 is 1.04. The summed E-state index contributed by atoms with van der Waals surface area (Å²) in [5, 5.41) is 3.32. The predicted molar refractivity (Wildman–Crippen MR) is 56.5 cm³/mol. The van der Waals surface area contributed by atoms with Gasteiger partial charge < -0.3 is 5.32 Å². The number of hydrogen-bond acceptors (Lipinski definition) is 2. The van der Waals surface area contributed by atoms with E-state index in [2.05, 4.69) is 38.4 Å². The number of nitrogens with zero attached hydrogens (tertiary/aromatic N) is 1. The third-order valence-electron chi connectivity index (χ3n) is 2.47. The molecule has 0 aromatic carbocycles. The van der Waals surface area contributed by atoms with Crippen molar-refractivity contribution in [2.75, 3.05) is 7.05 Å². The molecule has 13 heavy (non-hydrogen) atoms. The highest BCUT2D eigenvalue weighted by molar-refractivity contribution is 9.10. The highest BCUT2D eigenvalue weighted by Crippen LogP contribution is 2.40. The molecular weight excluding hydrogens is 228 g/mol. The predicted octanol–water partition coefficient (Wildman–Crippen LogP) is 2.51. The van der Waals surface area contributed by atoms with Crippen LogP contribution in [0.4, 0.5) is 0 Å². The fourth-order valence-corrected chi connectivity index (χ4v) is 1.86. The van der Waals surface area contributed by atoms with Crippen molar-refractivity contribution in [2.24, 2.45) is 5.92 Å². The van der Waals surface area contributed by atoms with Crippen molar-refractivity contribution < 1.29 is 0 Å². The highest BCUT2D eigenvalue weighted by atomic mass is 79.9. The minimum Gasteiger partial charge on any atom is -0.311 e. The Morgan fingerprint density at radius 1 is 1.54 bits per heavy atom. The molecule has 1 aromatic heterocycles. The molecule has 1 aromatic rings. The molecule has 1 atom stereocenters. The van der Waals surface area contributed by atoms with E-state index >= 15 is 0 Å². The number of nitrogens with one attached hydrogen (secondary N) is 1. The van der Waals surface area contributed by atoms with E-state index in [1.54, 1.807) is 0 Å². The van der Waals surface area contributed by atoms with Crippen molar-refractivity contribution in [1.82, 2.24) is 10.3 Å². The Morgan fingerprint density at radius 3 is 2.77 bits per heavy atom. The van der Waals surface area contributed by atoms with Crippen molar-refractivity contribution in [1.29, 1.82) is 0 Å². The van der Waals surface area contributed by atoms with E-state index < -0.39 is 0 Å². The first-order valence-electron chi connectivity index (χ1n) is 4.60. The quantitative estimate of drug-likeness (QED) is 0.879. The fraction of sp³-hybridized carbons (Fsp3) is 0.500. The van der Waals surface area contributed by atoms with E-state index in [-0.39, 0.29) is 0 Å². The smallest absolute Gasteiger partial charge is 0.0576 e. The van der Waals surface area contributed by atoms with E-state index in [0.717, 1.165) is 16.1 Å². The molecule has 0 saturated heterocycles. The lowest BCUT2D eigenvalue weighted by Crippen LogP contribution is -2.19. The number of aromatic nitrogens is 1. The van der Waals surface area contributed by atoms with Crippen LogP contribution in [0.5, 0.6) is 0 Å². The summed E-state index contributed by atoms with van der Waals surface area (Å²) in [5.41, 5.74) is 1.16. The van der Waals surface area contributed by atoms with Crippen LogP contribution in [-0.4, -0.2) is 12.0 Å². The van der Waals surface area contributed by atoms with Gasteiger partial charge >= 0.3 is 0 Å². The van der Waals surface area contributed by atoms with E-state index in [9.17, 15) is 0 Å². The lowest BCUT2D eigenvalue weighted by atomic mass is 10.1. The van der Waals surface area contributed by atoms with Gasteiger partial charge in [-0.05, 0) is 53.9 Å². The van der Waals surface area contributed by atoms with Crippen LogP contribution in [0.3, 0.4) is 0 Å². The summed E-state index contributed by atoms with van der Waals surface area (Å²) in [7, 11) is 2.01. The van der Waals surface area contributed by atoms with Gasteiger partial charge in [-0.1, -0.05) is 0 Å². The lowest BCUT2D eigenvalue weighted by Gasteiger charge is -2.14. The molecule has 0 spiro atoms. The highest BCUT2D eigenvalue weighted by Gasteiger charge is 2.31. The summed E-state index contributed by atoms with van der Waals surface area (Å²) in [5.74, 6) is 0.804. The zero-order chi connectivity index (χ0) is 9.26. The first-order valence-corrected chi connectivity index (χ1v) is 5.39. The molecule has 1 heterocycles. The number of rotatable bonds is 3. The zero-order valence-electron chi connectivity index (χ0n) is 7.63. The van der Waals surface area contributed by atoms with Gasteiger partial charge in [0, 0.05) is 10.7 Å². The van der Waals surface area contributed by atoms with Gasteiger partial charge in [-0.2, -0.15) is 0 Å². The van der Waals surface area contributed by atoms with Crippen molar-refractivity contribution in [3.63, 3.8) is 0 Å². The van der Waals surface area contributed by atoms with Crippen LogP contribution in [0.2, 0.25) is 0 Å². The van der Waals surface area contributed by atoms with Crippen LogP contribution in [0, 0.1) is 5.92 Å². The molecule has 0 amide bonds. The van der Waals surface area contributed by atoms with Gasteiger partial charge in [0.25, 0.3) is 0 Å². The summed E-state index contributed by atoms with van der Waals surface area (Å²) in [4.78, 5) is 4.40. The number of halogens is 1. The Labute approximate surface area is 86.9 Å². The Bertz CT molecular complexity index is 279. The third-order valence-corrected chi connectivity index (χ3v) is 2.94. The average molecular weight is 241 g/mol. The zero-order valence-corrected chi connectivity index (χ0v) is 9.21. The molecule has 70 valence electrons. The Kier molecular flexibility index (Phi) is 2.65. The molecule has 2 nitrogen and oxygen atoms in total. The third kappa shape index (κ3) is 2.09. The van der Waals surface area contributed by atoms with Gasteiger partial charge in [-0.15, -0.1) is 0 Å². The van der Waals surface area contributed by atoms with Gasteiger partial charge in [0.05, 0.1) is 11.7 Å². The van der Waals surface area contributed by atoms with E-state index in [1.165, 1.54) is 12.8 Å². The van der Waals surface area contributed by atoms with Gasteiger partial charge in [-0.3, -0.25) is 4.98 Å². The van der Waals surface area contributed by atoms with Gasteiger partial charge in [0.2, 0.25) is 0 Å². The minimum atomic E-state index is 0.452. The van der Waals surface area contributed by atoms with Crippen molar-refractivity contribution in [3.8, 4) is 0 Å². The second-order valence-corrected chi connectivity index (χ2v) is 4.42. The van der Waals surface area contributed by atoms with Crippen LogP contribution in [-0.2, 0) is 0 Å². The Hall–Kier alpha value is -0.410. The van der Waals surface area contributed by atoms with E-state index in [1.807, 2.05) is 13.2 Å². The molecule has 1 unspecified atom stereocenters. The van der Waals surface area contributed by atoms with Crippen molar-refractivity contribution in [3.05, 3.63) is 28.5 Å². The molecule has 0 bridgehead atoms. The summed E-state index contributed by atoms with van der Waals surface area (Å²) >= 11 is 3.39. The summed E-state index contributed by atoms with van der Waals surface area (Å²) in [6.07, 6.45) is 4.54. The fourth-order valence-electron chi connectivity index (χ4n) is 1.63. The van der Waals surface area contributed by atoms with Gasteiger partial charge in [0.15, 0.2) is 0 Å². The molecule has 1 fully saturated rings. The average Bonchev–Trinajstić information content (AvgIpc) is 2.93. The molecule has 1 N–H and O–H groups in total. The van der Waals surface area contributed by atoms with Crippen molar-refractivity contribution in [2.45, 2.75) is 18.9 Å². The maximum Gasteiger partial charge on any atom is 0.0576 e. The largest absolute Gasteiger partial charge is 0.311 e. The number of pyridine rings is 1. The van der Waals surface area contributed by atoms with Crippen LogP contribution in [0.25, 0.3) is 0 Å². The van der Waals surface area contributed by atoms with Crippen LogP contribution in [0.15, 0.2) is 22.8 Å². The monoisotopic (exact) mass is 240 g/mol. The Balaban J connectivity index is 2.17. The molecule has 3 heteroatoms. The maximum absolute atomic E-state index is 4.40. The molecule has 2 rings (SSSR count). The van der Waals surface area contributed by atoms with Crippen molar-refractivity contribution >= 4 is 15.9 Å². The van der Waals surface area contributed by atoms with Crippen LogP contribution >= 0.6 is 15.9 Å². The second kappa shape index (κ2) is 3.76. The normalized spacial score (nSPS) is 18.6. The molecule has 1 aliphatic rings. The maximum atomic E-state index is 4.40. The first kappa shape index (κ1) is 9.16. The second-order valence-electron chi connectivity index (χ2n) is 3.51. The van der Waals surface area contributed by atoms with E-state index in [0.29, 0.717) is 6.04 Å². The Morgan fingerprint density at radius 2 is 2.31 bits per heavy atom. The standard InChI is InChI=1S/C10H13BrN2/c1-12-10(7-2-3-7)9-5-4-8(11)6-13-9/h4-7,10,12H,2-3H2,1H3. The van der Waals surface area contributed by atoms with Gasteiger partial charge in [0.1, 0.15) is 0 Å². The lowest BCUT2D eigenvalue weighted by molar-refractivity contribution is 0.515. The summed E-state index contributed by atoms with van der Waals surface area (Å²) in [6.45, 7) is 0. The molecule has 0 aliphatic heterocycles. The molecular formula is C10H13BrN2. The van der Waals surface area contributed by atoms with E-state index in [4.69, 9.17) is 0 Å². The number of hydrogen-bond donors (Lipinski definition) is 1. The SMILES string of the molecule is CNC(c1ccc(Br)cn1)C1CC1. The minimum absolute atomic E-state index is 0.452. The molecule has 1 aliphatic carbocycles.